The lowest BCUT2D eigenvalue weighted by Gasteiger charge is -2.16. The lowest BCUT2D eigenvalue weighted by atomic mass is 10.1. The van der Waals surface area contributed by atoms with Crippen molar-refractivity contribution in [3.8, 4) is 0 Å². The van der Waals surface area contributed by atoms with Gasteiger partial charge < -0.3 is 15.4 Å². The molecule has 0 unspecified atom stereocenters. The predicted octanol–water partition coefficient (Wildman–Crippen LogP) is 3.78. The smallest absolute Gasteiger partial charge is 0.341 e. The van der Waals surface area contributed by atoms with Crippen molar-refractivity contribution in [1.82, 2.24) is 10.3 Å². The lowest BCUT2D eigenvalue weighted by molar-refractivity contribution is 0.0602. The Morgan fingerprint density at radius 3 is 2.41 bits per heavy atom. The minimum absolute atomic E-state index is 0.0162. The van der Waals surface area contributed by atoms with Crippen LogP contribution in [0.25, 0.3) is 0 Å². The van der Waals surface area contributed by atoms with Gasteiger partial charge in [0.25, 0.3) is 11.8 Å². The maximum absolute atomic E-state index is 13.0. The van der Waals surface area contributed by atoms with Crippen LogP contribution in [-0.2, 0) is 4.74 Å². The number of benzene rings is 1. The molecule has 7 nitrogen and oxygen atoms in total. The number of nitrogens with one attached hydrogen (secondary N) is 2. The molecule has 29 heavy (non-hydrogen) atoms. The van der Waals surface area contributed by atoms with E-state index in [4.69, 9.17) is 16.3 Å². The number of aromatic nitrogens is 1. The number of amides is 2. The van der Waals surface area contributed by atoms with E-state index in [9.17, 15) is 14.4 Å². The minimum Gasteiger partial charge on any atom is -0.465 e. The first-order valence-electron chi connectivity index (χ1n) is 9.10. The zero-order valence-electron chi connectivity index (χ0n) is 17.1. The van der Waals surface area contributed by atoms with E-state index in [1.54, 1.807) is 32.0 Å². The van der Waals surface area contributed by atoms with Crippen LogP contribution in [-0.4, -0.2) is 36.4 Å². The van der Waals surface area contributed by atoms with Crippen molar-refractivity contribution >= 4 is 35.1 Å². The first kappa shape index (κ1) is 22.4. The third-order valence-corrected chi connectivity index (χ3v) is 4.47. The summed E-state index contributed by atoms with van der Waals surface area (Å²) in [4.78, 5) is 42.0. The second kappa shape index (κ2) is 9.52. The topological polar surface area (TPSA) is 97.4 Å². The minimum atomic E-state index is -0.675. The number of carbonyl (C=O) groups excluding carboxylic acids is 3. The first-order chi connectivity index (χ1) is 13.6. The highest BCUT2D eigenvalue weighted by molar-refractivity contribution is 6.34. The molecular formula is C21H24ClN3O4. The van der Waals surface area contributed by atoms with Crippen LogP contribution in [0.3, 0.4) is 0 Å². The Balaban J connectivity index is 2.44. The zero-order chi connectivity index (χ0) is 21.7. The first-order valence-corrected chi connectivity index (χ1v) is 9.48. The maximum Gasteiger partial charge on any atom is 0.341 e. The van der Waals surface area contributed by atoms with Crippen molar-refractivity contribution in [2.24, 2.45) is 5.92 Å². The standard InChI is InChI=1S/C21H24ClN3O4/c1-11(2)10-23-20(27)18-14(8-7-13(4)24-18)19(26)25-17-12(3)6-9-15(22)16(17)21(28)29-5/h6-9,11H,10H2,1-5H3,(H,23,27)(H,25,26). The molecule has 1 heterocycles. The molecule has 1 aromatic heterocycles. The number of anilines is 1. The van der Waals surface area contributed by atoms with Crippen molar-refractivity contribution < 1.29 is 19.1 Å². The van der Waals surface area contributed by atoms with Crippen molar-refractivity contribution in [1.29, 1.82) is 0 Å². The molecule has 1 aromatic carbocycles. The Bertz CT molecular complexity index is 957. The second-order valence-electron chi connectivity index (χ2n) is 7.01. The quantitative estimate of drug-likeness (QED) is 0.697. The van der Waals surface area contributed by atoms with Crippen molar-refractivity contribution in [2.75, 3.05) is 19.0 Å². The van der Waals surface area contributed by atoms with E-state index in [0.29, 0.717) is 17.8 Å². The van der Waals surface area contributed by atoms with Gasteiger partial charge in [0.2, 0.25) is 0 Å². The van der Waals surface area contributed by atoms with Crippen LogP contribution >= 0.6 is 11.6 Å². The number of halogens is 1. The van der Waals surface area contributed by atoms with Crippen LogP contribution in [0, 0.1) is 19.8 Å². The van der Waals surface area contributed by atoms with E-state index in [-0.39, 0.29) is 33.4 Å². The molecule has 0 bridgehead atoms. The van der Waals surface area contributed by atoms with Gasteiger partial charge >= 0.3 is 5.97 Å². The van der Waals surface area contributed by atoms with Crippen LogP contribution in [0.2, 0.25) is 5.02 Å². The summed E-state index contributed by atoms with van der Waals surface area (Å²) in [5.74, 6) is -1.45. The van der Waals surface area contributed by atoms with Crippen molar-refractivity contribution in [3.05, 3.63) is 57.4 Å². The number of hydrogen-bond donors (Lipinski definition) is 2. The van der Waals surface area contributed by atoms with Gasteiger partial charge in [-0.2, -0.15) is 0 Å². The van der Waals surface area contributed by atoms with E-state index in [2.05, 4.69) is 15.6 Å². The molecule has 0 aliphatic carbocycles. The Morgan fingerprint density at radius 2 is 1.79 bits per heavy atom. The summed E-state index contributed by atoms with van der Waals surface area (Å²) >= 11 is 6.15. The number of aryl methyl sites for hydroxylation is 2. The molecule has 0 aliphatic heterocycles. The van der Waals surface area contributed by atoms with Gasteiger partial charge in [-0.25, -0.2) is 9.78 Å². The Morgan fingerprint density at radius 1 is 1.10 bits per heavy atom. The summed E-state index contributed by atoms with van der Waals surface area (Å²) in [6.07, 6.45) is 0. The number of rotatable bonds is 6. The molecule has 2 N–H and O–H groups in total. The van der Waals surface area contributed by atoms with Gasteiger partial charge in [0.15, 0.2) is 0 Å². The van der Waals surface area contributed by atoms with E-state index < -0.39 is 17.8 Å². The second-order valence-corrected chi connectivity index (χ2v) is 7.42. The van der Waals surface area contributed by atoms with Gasteiger partial charge in [-0.05, 0) is 43.5 Å². The Labute approximate surface area is 174 Å². The SMILES string of the molecule is COC(=O)c1c(Cl)ccc(C)c1NC(=O)c1ccc(C)nc1C(=O)NCC(C)C. The van der Waals surface area contributed by atoms with E-state index in [1.165, 1.54) is 13.2 Å². The van der Waals surface area contributed by atoms with E-state index in [1.807, 2.05) is 13.8 Å². The fourth-order valence-corrected chi connectivity index (χ4v) is 2.85. The Kier molecular flexibility index (Phi) is 7.34. The summed E-state index contributed by atoms with van der Waals surface area (Å²) in [5.41, 5.74) is 1.60. The third-order valence-electron chi connectivity index (χ3n) is 4.16. The molecule has 2 amide bonds. The number of pyridine rings is 1. The number of esters is 1. The van der Waals surface area contributed by atoms with Crippen LogP contribution < -0.4 is 10.6 Å². The van der Waals surface area contributed by atoms with Gasteiger partial charge in [0.1, 0.15) is 11.3 Å². The molecular weight excluding hydrogens is 394 g/mol. The normalized spacial score (nSPS) is 10.6. The van der Waals surface area contributed by atoms with Crippen molar-refractivity contribution in [3.63, 3.8) is 0 Å². The molecule has 0 aliphatic rings. The van der Waals surface area contributed by atoms with E-state index >= 15 is 0 Å². The Hall–Kier alpha value is -2.93. The summed E-state index contributed by atoms with van der Waals surface area (Å²) in [6, 6.07) is 6.39. The molecule has 0 atom stereocenters. The molecule has 2 rings (SSSR count). The van der Waals surface area contributed by atoms with Crippen molar-refractivity contribution in [2.45, 2.75) is 27.7 Å². The van der Waals surface area contributed by atoms with Gasteiger partial charge in [-0.3, -0.25) is 9.59 Å². The molecule has 8 heteroatoms. The summed E-state index contributed by atoms with van der Waals surface area (Å²) in [5, 5.41) is 5.60. The van der Waals surface area contributed by atoms with Gasteiger partial charge in [-0.1, -0.05) is 31.5 Å². The van der Waals surface area contributed by atoms with Crippen LogP contribution in [0.1, 0.15) is 56.3 Å². The molecule has 0 spiro atoms. The fourth-order valence-electron chi connectivity index (χ4n) is 2.62. The monoisotopic (exact) mass is 417 g/mol. The zero-order valence-corrected chi connectivity index (χ0v) is 17.8. The molecule has 0 fully saturated rings. The highest BCUT2D eigenvalue weighted by Gasteiger charge is 2.24. The third kappa shape index (κ3) is 5.32. The molecule has 2 aromatic rings. The van der Waals surface area contributed by atoms with Gasteiger partial charge in [0, 0.05) is 12.2 Å². The largest absolute Gasteiger partial charge is 0.465 e. The summed E-state index contributed by atoms with van der Waals surface area (Å²) in [7, 11) is 1.23. The predicted molar refractivity (Wildman–Crippen MR) is 112 cm³/mol. The average Bonchev–Trinajstić information content (AvgIpc) is 2.68. The average molecular weight is 418 g/mol. The highest BCUT2D eigenvalue weighted by atomic mass is 35.5. The number of hydrogen-bond acceptors (Lipinski definition) is 5. The number of methoxy groups -OCH3 is 1. The number of nitrogens with zero attached hydrogens (tertiary/aromatic N) is 1. The summed E-state index contributed by atoms with van der Waals surface area (Å²) < 4.78 is 4.78. The van der Waals surface area contributed by atoms with Crippen LogP contribution in [0.15, 0.2) is 24.3 Å². The highest BCUT2D eigenvalue weighted by Crippen LogP contribution is 2.29. The van der Waals surface area contributed by atoms with Crippen LogP contribution in [0.5, 0.6) is 0 Å². The van der Waals surface area contributed by atoms with Gasteiger partial charge in [-0.15, -0.1) is 0 Å². The van der Waals surface area contributed by atoms with E-state index in [0.717, 1.165) is 0 Å². The number of ether oxygens (including phenoxy) is 1. The molecule has 0 radical (unpaired) electrons. The van der Waals surface area contributed by atoms with Crippen LogP contribution in [0.4, 0.5) is 5.69 Å². The van der Waals surface area contributed by atoms with Gasteiger partial charge in [0.05, 0.1) is 23.4 Å². The fraction of sp³-hybridized carbons (Fsp3) is 0.333. The lowest BCUT2D eigenvalue weighted by Crippen LogP contribution is -2.31. The summed E-state index contributed by atoms with van der Waals surface area (Å²) in [6.45, 7) is 7.84. The maximum atomic E-state index is 13.0. The number of carbonyl (C=O) groups is 3. The molecule has 0 saturated heterocycles. The molecule has 154 valence electrons. The molecule has 0 saturated carbocycles.